The van der Waals surface area contributed by atoms with Crippen molar-refractivity contribution < 1.29 is 18.7 Å². The standard InChI is InChI=1S/C23H28FN5O3/c1-5-23(31)11-29(12-23)21-25-9-16(10-26-21)27-22(30)28-19(13(2)3)20-14(4)17-8-15(24)6-7-18(17)32-20/h6-10,13,19,31H,5,11-12H2,1-4H3,(H2,27,28,30)/t19-/m1/s1. The number of anilines is 2. The summed E-state index contributed by atoms with van der Waals surface area (Å²) < 4.78 is 19.6. The molecule has 32 heavy (non-hydrogen) atoms. The fourth-order valence-corrected chi connectivity index (χ4v) is 3.93. The number of carbonyl (C=O) groups excluding carboxylic acids is 1. The highest BCUT2D eigenvalue weighted by atomic mass is 19.1. The van der Waals surface area contributed by atoms with Crippen LogP contribution in [0.3, 0.4) is 0 Å². The maximum Gasteiger partial charge on any atom is 0.319 e. The zero-order chi connectivity index (χ0) is 23.0. The number of aryl methyl sites for hydroxylation is 1. The number of carbonyl (C=O) groups is 1. The number of nitrogens with one attached hydrogen (secondary N) is 2. The van der Waals surface area contributed by atoms with Crippen LogP contribution in [-0.2, 0) is 0 Å². The fraction of sp³-hybridized carbons (Fsp3) is 0.435. The Labute approximate surface area is 185 Å². The van der Waals surface area contributed by atoms with Crippen molar-refractivity contribution in [1.82, 2.24) is 15.3 Å². The van der Waals surface area contributed by atoms with E-state index < -0.39 is 17.7 Å². The zero-order valence-corrected chi connectivity index (χ0v) is 18.6. The van der Waals surface area contributed by atoms with Gasteiger partial charge in [-0.2, -0.15) is 0 Å². The van der Waals surface area contributed by atoms with Crippen molar-refractivity contribution in [3.8, 4) is 0 Å². The summed E-state index contributed by atoms with van der Waals surface area (Å²) in [7, 11) is 0. The normalized spacial score (nSPS) is 16.2. The molecule has 9 heteroatoms. The number of furan rings is 1. The first-order valence-corrected chi connectivity index (χ1v) is 10.7. The Morgan fingerprint density at radius 3 is 2.62 bits per heavy atom. The van der Waals surface area contributed by atoms with Crippen molar-refractivity contribution >= 4 is 28.6 Å². The summed E-state index contributed by atoms with van der Waals surface area (Å²) in [5.41, 5.74) is 1.15. The van der Waals surface area contributed by atoms with Crippen LogP contribution in [0.15, 0.2) is 35.0 Å². The third-order valence-corrected chi connectivity index (χ3v) is 5.98. The lowest BCUT2D eigenvalue weighted by atomic mass is 9.92. The molecule has 8 nitrogen and oxygen atoms in total. The highest BCUT2D eigenvalue weighted by Crippen LogP contribution is 2.33. The number of benzene rings is 1. The van der Waals surface area contributed by atoms with Gasteiger partial charge in [-0.25, -0.2) is 19.2 Å². The SMILES string of the molecule is CCC1(O)CN(c2ncc(NC(=O)N[C@@H](c3oc4ccc(F)cc4c3C)C(C)C)cn2)C1. The lowest BCUT2D eigenvalue weighted by Gasteiger charge is -2.45. The predicted molar refractivity (Wildman–Crippen MR) is 120 cm³/mol. The molecule has 0 unspecified atom stereocenters. The first-order chi connectivity index (χ1) is 15.2. The van der Waals surface area contributed by atoms with E-state index in [0.717, 1.165) is 5.56 Å². The monoisotopic (exact) mass is 441 g/mol. The Morgan fingerprint density at radius 1 is 1.31 bits per heavy atom. The van der Waals surface area contributed by atoms with E-state index in [4.69, 9.17) is 4.42 Å². The van der Waals surface area contributed by atoms with Gasteiger partial charge in [0.25, 0.3) is 0 Å². The molecule has 4 rings (SSSR count). The minimum absolute atomic E-state index is 0.0345. The molecule has 1 aliphatic heterocycles. The van der Waals surface area contributed by atoms with Crippen LogP contribution in [0.5, 0.6) is 0 Å². The average molecular weight is 442 g/mol. The van der Waals surface area contributed by atoms with Crippen molar-refractivity contribution in [2.75, 3.05) is 23.3 Å². The van der Waals surface area contributed by atoms with Crippen LogP contribution in [0.4, 0.5) is 20.8 Å². The van der Waals surface area contributed by atoms with Gasteiger partial charge < -0.3 is 25.1 Å². The number of hydrogen-bond donors (Lipinski definition) is 3. The van der Waals surface area contributed by atoms with E-state index in [-0.39, 0.29) is 11.7 Å². The van der Waals surface area contributed by atoms with Gasteiger partial charge in [-0.15, -0.1) is 0 Å². The molecule has 3 heterocycles. The number of rotatable bonds is 6. The second-order valence-electron chi connectivity index (χ2n) is 8.76. The highest BCUT2D eigenvalue weighted by molar-refractivity contribution is 5.89. The molecule has 2 amide bonds. The Hall–Kier alpha value is -3.20. The third kappa shape index (κ3) is 4.25. The van der Waals surface area contributed by atoms with E-state index in [2.05, 4.69) is 20.6 Å². The summed E-state index contributed by atoms with van der Waals surface area (Å²) in [5, 5.41) is 16.5. The largest absolute Gasteiger partial charge is 0.459 e. The first-order valence-electron chi connectivity index (χ1n) is 10.7. The van der Waals surface area contributed by atoms with E-state index in [9.17, 15) is 14.3 Å². The fourth-order valence-electron chi connectivity index (χ4n) is 3.93. The summed E-state index contributed by atoms with van der Waals surface area (Å²) in [6.45, 7) is 8.74. The molecule has 0 spiro atoms. The van der Waals surface area contributed by atoms with Crippen molar-refractivity contribution in [3.05, 3.63) is 47.7 Å². The van der Waals surface area contributed by atoms with Gasteiger partial charge in [0, 0.05) is 10.9 Å². The number of halogens is 1. The molecular weight excluding hydrogens is 413 g/mol. The summed E-state index contributed by atoms with van der Waals surface area (Å²) in [4.78, 5) is 23.1. The molecule has 0 radical (unpaired) electrons. The predicted octanol–water partition coefficient (Wildman–Crippen LogP) is 4.15. The van der Waals surface area contributed by atoms with Gasteiger partial charge in [-0.3, -0.25) is 0 Å². The van der Waals surface area contributed by atoms with Gasteiger partial charge in [0.1, 0.15) is 17.2 Å². The summed E-state index contributed by atoms with van der Waals surface area (Å²) in [6.07, 6.45) is 3.75. The summed E-state index contributed by atoms with van der Waals surface area (Å²) in [6, 6.07) is 3.56. The molecular formula is C23H28FN5O3. The lowest BCUT2D eigenvalue weighted by Crippen LogP contribution is -2.62. The van der Waals surface area contributed by atoms with Crippen molar-refractivity contribution in [1.29, 1.82) is 0 Å². The van der Waals surface area contributed by atoms with E-state index >= 15 is 0 Å². The van der Waals surface area contributed by atoms with E-state index in [1.807, 2.05) is 32.6 Å². The summed E-state index contributed by atoms with van der Waals surface area (Å²) in [5.74, 6) is 0.816. The molecule has 0 bridgehead atoms. The average Bonchev–Trinajstić information content (AvgIpc) is 3.06. The molecule has 1 aliphatic rings. The molecule has 1 aromatic carbocycles. The molecule has 3 aromatic rings. The van der Waals surface area contributed by atoms with Crippen LogP contribution in [0.25, 0.3) is 11.0 Å². The Bertz CT molecular complexity index is 1120. The number of amides is 2. The van der Waals surface area contributed by atoms with Crippen LogP contribution in [0.1, 0.15) is 44.6 Å². The van der Waals surface area contributed by atoms with Crippen LogP contribution < -0.4 is 15.5 Å². The second kappa shape index (κ2) is 8.38. The number of aromatic nitrogens is 2. The summed E-state index contributed by atoms with van der Waals surface area (Å²) >= 11 is 0. The quantitative estimate of drug-likeness (QED) is 0.531. The lowest BCUT2D eigenvalue weighted by molar-refractivity contribution is 0.00756. The van der Waals surface area contributed by atoms with Crippen LogP contribution in [-0.4, -0.2) is 39.8 Å². The number of urea groups is 1. The van der Waals surface area contributed by atoms with Gasteiger partial charge in [0.05, 0.1) is 42.8 Å². The minimum Gasteiger partial charge on any atom is -0.459 e. The number of fused-ring (bicyclic) bond motifs is 1. The van der Waals surface area contributed by atoms with Gasteiger partial charge in [0.2, 0.25) is 5.95 Å². The van der Waals surface area contributed by atoms with Crippen LogP contribution in [0, 0.1) is 18.7 Å². The van der Waals surface area contributed by atoms with Gasteiger partial charge in [-0.1, -0.05) is 20.8 Å². The molecule has 170 valence electrons. The Kier molecular flexibility index (Phi) is 5.77. The van der Waals surface area contributed by atoms with Crippen molar-refractivity contribution in [3.63, 3.8) is 0 Å². The number of hydrogen-bond acceptors (Lipinski definition) is 6. The number of β-amino-alcohol motifs (C(OH)–C–C–N with tert-alkyl or cyclic N) is 1. The zero-order valence-electron chi connectivity index (χ0n) is 18.6. The maximum absolute atomic E-state index is 13.7. The third-order valence-electron chi connectivity index (χ3n) is 5.98. The van der Waals surface area contributed by atoms with E-state index in [1.165, 1.54) is 24.5 Å². The smallest absolute Gasteiger partial charge is 0.319 e. The van der Waals surface area contributed by atoms with E-state index in [1.54, 1.807) is 6.07 Å². The number of nitrogens with zero attached hydrogens (tertiary/aromatic N) is 3. The van der Waals surface area contributed by atoms with Crippen molar-refractivity contribution in [2.24, 2.45) is 5.92 Å². The molecule has 2 aromatic heterocycles. The Balaban J connectivity index is 1.44. The van der Waals surface area contributed by atoms with Gasteiger partial charge >= 0.3 is 6.03 Å². The van der Waals surface area contributed by atoms with E-state index in [0.29, 0.717) is 47.9 Å². The molecule has 3 N–H and O–H groups in total. The molecule has 1 fully saturated rings. The van der Waals surface area contributed by atoms with Crippen LogP contribution in [0.2, 0.25) is 0 Å². The topological polar surface area (TPSA) is 104 Å². The second-order valence-corrected chi connectivity index (χ2v) is 8.76. The minimum atomic E-state index is -0.674. The highest BCUT2D eigenvalue weighted by Gasteiger charge is 2.40. The van der Waals surface area contributed by atoms with Crippen molar-refractivity contribution in [2.45, 2.75) is 45.8 Å². The van der Waals surface area contributed by atoms with Crippen LogP contribution >= 0.6 is 0 Å². The first kappa shape index (κ1) is 22.0. The van der Waals surface area contributed by atoms with Gasteiger partial charge in [0.15, 0.2) is 0 Å². The molecule has 0 saturated carbocycles. The number of aliphatic hydroxyl groups is 1. The molecule has 1 saturated heterocycles. The van der Waals surface area contributed by atoms with Gasteiger partial charge in [-0.05, 0) is 37.5 Å². The molecule has 1 atom stereocenters. The Morgan fingerprint density at radius 2 is 2.00 bits per heavy atom. The molecule has 0 aliphatic carbocycles. The maximum atomic E-state index is 13.7.